The molecular formula is C25H29F2N7O. The van der Waals surface area contributed by atoms with Crippen LogP contribution in [0.4, 0.5) is 14.7 Å². The second kappa shape index (κ2) is 8.51. The van der Waals surface area contributed by atoms with Gasteiger partial charge in [0.1, 0.15) is 5.82 Å². The van der Waals surface area contributed by atoms with Gasteiger partial charge in [0, 0.05) is 55.1 Å². The third kappa shape index (κ3) is 4.13. The summed E-state index contributed by atoms with van der Waals surface area (Å²) in [5.41, 5.74) is 4.03. The van der Waals surface area contributed by atoms with E-state index >= 15 is 0 Å². The third-order valence-electron chi connectivity index (χ3n) is 7.29. The highest BCUT2D eigenvalue weighted by Crippen LogP contribution is 2.47. The van der Waals surface area contributed by atoms with E-state index in [2.05, 4.69) is 25.4 Å². The second-order valence-corrected chi connectivity index (χ2v) is 9.73. The topological polar surface area (TPSA) is 82.2 Å². The number of hydrogen-bond acceptors (Lipinski definition) is 6. The fraction of sp³-hybridized carbons (Fsp3) is 0.520. The summed E-state index contributed by atoms with van der Waals surface area (Å²) in [5, 5.41) is 8.13. The van der Waals surface area contributed by atoms with Crippen LogP contribution < -0.4 is 5.32 Å². The largest absolute Gasteiger partial charge is 0.379 e. The Morgan fingerprint density at radius 1 is 1.11 bits per heavy atom. The Bertz CT molecular complexity index is 1370. The summed E-state index contributed by atoms with van der Waals surface area (Å²) in [6.45, 7) is 4.65. The van der Waals surface area contributed by atoms with Gasteiger partial charge in [0.25, 0.3) is 5.92 Å². The first kappa shape index (κ1) is 22.3. The van der Waals surface area contributed by atoms with E-state index in [4.69, 9.17) is 4.74 Å². The van der Waals surface area contributed by atoms with Crippen molar-refractivity contribution in [3.05, 3.63) is 36.5 Å². The average molecular weight is 482 g/mol. The molecule has 0 aliphatic heterocycles. The molecule has 6 rings (SSSR count). The molecule has 0 unspecified atom stereocenters. The standard InChI is InChI=1S/C25H29F2N7O/c1-3-35-19-6-4-17(5-7-19)31-24-29-14-22-20(8-9-33(22)32-24)16-10-21-23(28-13-16)30-15(2)34(21)18-11-25(26,27)12-18/h8-10,13-14,17-19H,3-7,11-12H2,1-2H3,(H,31,32)/t17-,19+. The van der Waals surface area contributed by atoms with Gasteiger partial charge in [-0.05, 0) is 51.7 Å². The number of nitrogens with one attached hydrogen (secondary N) is 1. The van der Waals surface area contributed by atoms with Gasteiger partial charge in [-0.15, -0.1) is 5.10 Å². The first-order valence-corrected chi connectivity index (χ1v) is 12.4. The molecule has 0 radical (unpaired) electrons. The number of nitrogens with zero attached hydrogens (tertiary/aromatic N) is 6. The van der Waals surface area contributed by atoms with Crippen molar-refractivity contribution in [3.63, 3.8) is 0 Å². The molecule has 0 bridgehead atoms. The maximum absolute atomic E-state index is 13.5. The minimum absolute atomic E-state index is 0.157. The lowest BCUT2D eigenvalue weighted by molar-refractivity contribution is -0.103. The van der Waals surface area contributed by atoms with E-state index in [1.807, 2.05) is 47.5 Å². The number of aromatic nitrogens is 6. The fourth-order valence-electron chi connectivity index (χ4n) is 5.51. The smallest absolute Gasteiger partial charge is 0.252 e. The molecule has 2 fully saturated rings. The lowest BCUT2D eigenvalue weighted by Gasteiger charge is -2.36. The number of rotatable bonds is 6. The van der Waals surface area contributed by atoms with Gasteiger partial charge >= 0.3 is 0 Å². The first-order valence-electron chi connectivity index (χ1n) is 12.4. The number of halogens is 2. The molecule has 0 aromatic carbocycles. The van der Waals surface area contributed by atoms with Crippen LogP contribution >= 0.6 is 0 Å². The zero-order valence-electron chi connectivity index (χ0n) is 19.9. The highest BCUT2D eigenvalue weighted by atomic mass is 19.3. The van der Waals surface area contributed by atoms with Crippen LogP contribution in [-0.2, 0) is 4.74 Å². The normalized spacial score (nSPS) is 22.5. The zero-order chi connectivity index (χ0) is 24.2. The lowest BCUT2D eigenvalue weighted by atomic mass is 9.87. The van der Waals surface area contributed by atoms with Crippen LogP contribution in [0, 0.1) is 6.92 Å². The number of imidazole rings is 1. The zero-order valence-corrected chi connectivity index (χ0v) is 19.9. The van der Waals surface area contributed by atoms with Crippen molar-refractivity contribution in [2.45, 2.75) is 76.5 Å². The summed E-state index contributed by atoms with van der Waals surface area (Å²) in [7, 11) is 0. The van der Waals surface area contributed by atoms with Gasteiger partial charge in [0.2, 0.25) is 5.95 Å². The van der Waals surface area contributed by atoms with Crippen LogP contribution in [0.25, 0.3) is 27.8 Å². The molecule has 4 aromatic rings. The van der Waals surface area contributed by atoms with Crippen LogP contribution in [-0.4, -0.2) is 53.8 Å². The van der Waals surface area contributed by atoms with E-state index in [1.165, 1.54) is 0 Å². The molecule has 0 amide bonds. The minimum atomic E-state index is -2.59. The van der Waals surface area contributed by atoms with Crippen LogP contribution in [0.1, 0.15) is 57.3 Å². The molecular weight excluding hydrogens is 452 g/mol. The van der Waals surface area contributed by atoms with Gasteiger partial charge in [-0.25, -0.2) is 28.2 Å². The van der Waals surface area contributed by atoms with Crippen molar-refractivity contribution >= 4 is 22.6 Å². The van der Waals surface area contributed by atoms with Crippen molar-refractivity contribution in [1.29, 1.82) is 0 Å². The Kier molecular flexibility index (Phi) is 5.43. The van der Waals surface area contributed by atoms with Crippen molar-refractivity contribution in [2.75, 3.05) is 11.9 Å². The van der Waals surface area contributed by atoms with Crippen molar-refractivity contribution in [2.24, 2.45) is 0 Å². The second-order valence-electron chi connectivity index (χ2n) is 9.73. The van der Waals surface area contributed by atoms with Gasteiger partial charge in [0.05, 0.1) is 23.3 Å². The molecule has 2 aliphatic carbocycles. The molecule has 0 atom stereocenters. The Labute approximate surface area is 201 Å². The molecule has 184 valence electrons. The number of ether oxygens (including phenoxy) is 1. The monoisotopic (exact) mass is 481 g/mol. The Hall–Kier alpha value is -3.14. The summed E-state index contributed by atoms with van der Waals surface area (Å²) in [4.78, 5) is 13.6. The van der Waals surface area contributed by atoms with E-state index in [9.17, 15) is 8.78 Å². The summed E-state index contributed by atoms with van der Waals surface area (Å²) < 4.78 is 36.5. The van der Waals surface area contributed by atoms with Crippen molar-refractivity contribution in [1.82, 2.24) is 29.1 Å². The van der Waals surface area contributed by atoms with Crippen molar-refractivity contribution < 1.29 is 13.5 Å². The minimum Gasteiger partial charge on any atom is -0.379 e. The number of alkyl halides is 2. The van der Waals surface area contributed by atoms with Gasteiger partial charge in [0.15, 0.2) is 5.65 Å². The third-order valence-corrected chi connectivity index (χ3v) is 7.29. The molecule has 10 heteroatoms. The summed E-state index contributed by atoms with van der Waals surface area (Å²) in [5.74, 6) is -1.28. The van der Waals surface area contributed by atoms with E-state index in [1.54, 1.807) is 6.20 Å². The van der Waals surface area contributed by atoms with E-state index < -0.39 is 5.92 Å². The van der Waals surface area contributed by atoms with E-state index in [0.29, 0.717) is 29.6 Å². The number of anilines is 1. The lowest BCUT2D eigenvalue weighted by Crippen LogP contribution is -2.37. The van der Waals surface area contributed by atoms with E-state index in [-0.39, 0.29) is 18.9 Å². The van der Waals surface area contributed by atoms with Gasteiger partial charge in [-0.1, -0.05) is 0 Å². The maximum Gasteiger partial charge on any atom is 0.252 e. The van der Waals surface area contributed by atoms with Crippen LogP contribution in [0.5, 0.6) is 0 Å². The molecule has 4 heterocycles. The number of pyridine rings is 1. The Morgan fingerprint density at radius 2 is 1.91 bits per heavy atom. The SMILES string of the molecule is CCO[C@H]1CC[C@@H](Nc2ncc3c(-c4cnc5nc(C)n(C6CC(F)(F)C6)c5c4)ccn3n2)CC1. The maximum atomic E-state index is 13.5. The molecule has 35 heavy (non-hydrogen) atoms. The highest BCUT2D eigenvalue weighted by Gasteiger charge is 2.47. The molecule has 0 spiro atoms. The Balaban J connectivity index is 1.25. The predicted molar refractivity (Wildman–Crippen MR) is 129 cm³/mol. The first-order chi connectivity index (χ1) is 16.9. The number of hydrogen-bond donors (Lipinski definition) is 1. The highest BCUT2D eigenvalue weighted by molar-refractivity contribution is 5.85. The van der Waals surface area contributed by atoms with Gasteiger partial charge in [-0.3, -0.25) is 0 Å². The number of fused-ring (bicyclic) bond motifs is 2. The fourth-order valence-corrected chi connectivity index (χ4v) is 5.51. The van der Waals surface area contributed by atoms with Crippen LogP contribution in [0.3, 0.4) is 0 Å². The van der Waals surface area contributed by atoms with Crippen LogP contribution in [0.15, 0.2) is 30.7 Å². The number of aryl methyl sites for hydroxylation is 1. The average Bonchev–Trinajstić information content (AvgIpc) is 3.38. The summed E-state index contributed by atoms with van der Waals surface area (Å²) >= 11 is 0. The molecule has 1 N–H and O–H groups in total. The van der Waals surface area contributed by atoms with Crippen LogP contribution in [0.2, 0.25) is 0 Å². The Morgan fingerprint density at radius 3 is 2.66 bits per heavy atom. The quantitative estimate of drug-likeness (QED) is 0.409. The molecule has 4 aromatic heterocycles. The van der Waals surface area contributed by atoms with Gasteiger partial charge in [-0.2, -0.15) is 0 Å². The van der Waals surface area contributed by atoms with Gasteiger partial charge < -0.3 is 14.6 Å². The predicted octanol–water partition coefficient (Wildman–Crippen LogP) is 5.18. The summed E-state index contributed by atoms with van der Waals surface area (Å²) in [6, 6.07) is 4.05. The van der Waals surface area contributed by atoms with Crippen molar-refractivity contribution in [3.8, 4) is 11.1 Å². The molecule has 2 saturated carbocycles. The molecule has 2 aliphatic rings. The molecule has 0 saturated heterocycles. The van der Waals surface area contributed by atoms with E-state index in [0.717, 1.165) is 54.5 Å². The molecule has 8 nitrogen and oxygen atoms in total. The summed E-state index contributed by atoms with van der Waals surface area (Å²) in [6.07, 6.45) is 9.71.